The quantitative estimate of drug-likeness (QED) is 0.852. The molecule has 0 radical (unpaired) electrons. The minimum atomic E-state index is 0.226. The van der Waals surface area contributed by atoms with Crippen LogP contribution < -0.4 is 4.74 Å². The summed E-state index contributed by atoms with van der Waals surface area (Å²) in [4.78, 5) is 0. The maximum Gasteiger partial charge on any atom is 0.124 e. The summed E-state index contributed by atoms with van der Waals surface area (Å²) in [5.41, 5.74) is 1.06. The minimum Gasteiger partial charge on any atom is -0.496 e. The van der Waals surface area contributed by atoms with Crippen LogP contribution in [0, 0.1) is 0 Å². The molecular formula is C12H15BrO3. The molecule has 1 aliphatic heterocycles. The molecule has 2 rings (SSSR count). The zero-order valence-electron chi connectivity index (χ0n) is 9.24. The molecule has 1 unspecified atom stereocenters. The second-order valence-electron chi connectivity index (χ2n) is 3.75. The van der Waals surface area contributed by atoms with E-state index in [0.29, 0.717) is 13.2 Å². The van der Waals surface area contributed by atoms with E-state index in [-0.39, 0.29) is 6.10 Å². The summed E-state index contributed by atoms with van der Waals surface area (Å²) in [6.45, 7) is 2.08. The minimum absolute atomic E-state index is 0.226. The van der Waals surface area contributed by atoms with Gasteiger partial charge in [-0.05, 0) is 24.6 Å². The first-order chi connectivity index (χ1) is 7.79. The van der Waals surface area contributed by atoms with Gasteiger partial charge in [0.05, 0.1) is 26.4 Å². The molecule has 1 heterocycles. The van der Waals surface area contributed by atoms with E-state index < -0.39 is 0 Å². The van der Waals surface area contributed by atoms with E-state index in [0.717, 1.165) is 28.8 Å². The number of hydrogen-bond donors (Lipinski definition) is 0. The Bertz CT molecular complexity index is 348. The van der Waals surface area contributed by atoms with Crippen molar-refractivity contribution in [3.8, 4) is 5.75 Å². The summed E-state index contributed by atoms with van der Waals surface area (Å²) in [6.07, 6.45) is 1.21. The van der Waals surface area contributed by atoms with E-state index in [9.17, 15) is 0 Å². The standard InChI is InChI=1S/C12H15BrO3/c1-14-12-3-2-10(13)6-9(12)7-16-11-4-5-15-8-11/h2-3,6,11H,4-5,7-8H2,1H3. The normalized spacial score (nSPS) is 20.0. The van der Waals surface area contributed by atoms with Gasteiger partial charge in [-0.2, -0.15) is 0 Å². The van der Waals surface area contributed by atoms with E-state index in [1.165, 1.54) is 0 Å². The van der Waals surface area contributed by atoms with Crippen LogP contribution in [0.5, 0.6) is 5.75 Å². The SMILES string of the molecule is COc1ccc(Br)cc1COC1CCOC1. The number of halogens is 1. The first-order valence-electron chi connectivity index (χ1n) is 5.31. The molecule has 1 atom stereocenters. The Kier molecular flexibility index (Phi) is 4.21. The van der Waals surface area contributed by atoms with Crippen LogP contribution in [0.2, 0.25) is 0 Å². The van der Waals surface area contributed by atoms with Gasteiger partial charge in [-0.15, -0.1) is 0 Å². The first kappa shape index (κ1) is 11.9. The molecular weight excluding hydrogens is 272 g/mol. The number of benzene rings is 1. The molecule has 1 aliphatic rings. The Labute approximate surface area is 104 Å². The largest absolute Gasteiger partial charge is 0.496 e. The predicted octanol–water partition coefficient (Wildman–Crippen LogP) is 2.76. The molecule has 16 heavy (non-hydrogen) atoms. The van der Waals surface area contributed by atoms with Crippen LogP contribution in [0.25, 0.3) is 0 Å². The van der Waals surface area contributed by atoms with Gasteiger partial charge in [0.1, 0.15) is 5.75 Å². The molecule has 4 heteroatoms. The van der Waals surface area contributed by atoms with E-state index in [1.807, 2.05) is 18.2 Å². The van der Waals surface area contributed by atoms with Crippen molar-refractivity contribution in [2.75, 3.05) is 20.3 Å². The second-order valence-corrected chi connectivity index (χ2v) is 4.67. The average molecular weight is 287 g/mol. The van der Waals surface area contributed by atoms with Gasteiger partial charge in [-0.25, -0.2) is 0 Å². The van der Waals surface area contributed by atoms with E-state index >= 15 is 0 Å². The van der Waals surface area contributed by atoms with E-state index in [1.54, 1.807) is 7.11 Å². The zero-order valence-corrected chi connectivity index (χ0v) is 10.8. The Balaban J connectivity index is 1.98. The highest BCUT2D eigenvalue weighted by Crippen LogP contribution is 2.24. The molecule has 1 saturated heterocycles. The summed E-state index contributed by atoms with van der Waals surface area (Å²) in [6, 6.07) is 5.92. The van der Waals surface area contributed by atoms with E-state index in [4.69, 9.17) is 14.2 Å². The smallest absolute Gasteiger partial charge is 0.124 e. The Morgan fingerprint density at radius 1 is 1.50 bits per heavy atom. The van der Waals surface area contributed by atoms with Crippen LogP contribution in [0.3, 0.4) is 0 Å². The van der Waals surface area contributed by atoms with Crippen LogP contribution in [0.15, 0.2) is 22.7 Å². The third-order valence-electron chi connectivity index (χ3n) is 2.60. The lowest BCUT2D eigenvalue weighted by atomic mass is 10.2. The summed E-state index contributed by atoms with van der Waals surface area (Å²) in [5, 5.41) is 0. The second kappa shape index (κ2) is 5.66. The summed E-state index contributed by atoms with van der Waals surface area (Å²) >= 11 is 3.44. The fraction of sp³-hybridized carbons (Fsp3) is 0.500. The summed E-state index contributed by atoms with van der Waals surface area (Å²) < 4.78 is 17.3. The fourth-order valence-corrected chi connectivity index (χ4v) is 2.12. The molecule has 1 aromatic rings. The molecule has 0 aromatic heterocycles. The van der Waals surface area contributed by atoms with Crippen molar-refractivity contribution < 1.29 is 14.2 Å². The number of ether oxygens (including phenoxy) is 3. The lowest BCUT2D eigenvalue weighted by molar-refractivity contribution is 0.0308. The van der Waals surface area contributed by atoms with Crippen LogP contribution in [0.4, 0.5) is 0 Å². The third-order valence-corrected chi connectivity index (χ3v) is 3.10. The van der Waals surface area contributed by atoms with Crippen LogP contribution >= 0.6 is 15.9 Å². The lowest BCUT2D eigenvalue weighted by Gasteiger charge is -2.12. The first-order valence-corrected chi connectivity index (χ1v) is 6.10. The highest BCUT2D eigenvalue weighted by Gasteiger charge is 2.16. The lowest BCUT2D eigenvalue weighted by Crippen LogP contribution is -2.12. The van der Waals surface area contributed by atoms with Crippen molar-refractivity contribution in [3.05, 3.63) is 28.2 Å². The third kappa shape index (κ3) is 2.97. The molecule has 0 amide bonds. The maximum atomic E-state index is 5.76. The van der Waals surface area contributed by atoms with Gasteiger partial charge in [0.2, 0.25) is 0 Å². The molecule has 0 N–H and O–H groups in total. The van der Waals surface area contributed by atoms with Crippen LogP contribution in [0.1, 0.15) is 12.0 Å². The van der Waals surface area contributed by atoms with Gasteiger partial charge in [-0.3, -0.25) is 0 Å². The summed E-state index contributed by atoms with van der Waals surface area (Å²) in [7, 11) is 1.67. The van der Waals surface area contributed by atoms with Gasteiger partial charge in [0.15, 0.2) is 0 Å². The number of hydrogen-bond acceptors (Lipinski definition) is 3. The Morgan fingerprint density at radius 3 is 3.06 bits per heavy atom. The van der Waals surface area contributed by atoms with Gasteiger partial charge in [-0.1, -0.05) is 15.9 Å². The molecule has 0 spiro atoms. The molecule has 0 aliphatic carbocycles. The van der Waals surface area contributed by atoms with Crippen LogP contribution in [-0.2, 0) is 16.1 Å². The highest BCUT2D eigenvalue weighted by molar-refractivity contribution is 9.10. The van der Waals surface area contributed by atoms with E-state index in [2.05, 4.69) is 15.9 Å². The molecule has 88 valence electrons. The van der Waals surface area contributed by atoms with Crippen molar-refractivity contribution in [1.29, 1.82) is 0 Å². The predicted molar refractivity (Wildman–Crippen MR) is 64.7 cm³/mol. The fourth-order valence-electron chi connectivity index (χ4n) is 1.71. The Morgan fingerprint density at radius 2 is 2.38 bits per heavy atom. The average Bonchev–Trinajstić information content (AvgIpc) is 2.79. The highest BCUT2D eigenvalue weighted by atomic mass is 79.9. The molecule has 1 fully saturated rings. The molecule has 1 aromatic carbocycles. The maximum absolute atomic E-state index is 5.76. The van der Waals surface area contributed by atoms with Gasteiger partial charge >= 0.3 is 0 Å². The monoisotopic (exact) mass is 286 g/mol. The molecule has 3 nitrogen and oxygen atoms in total. The molecule has 0 bridgehead atoms. The summed E-state index contributed by atoms with van der Waals surface area (Å²) in [5.74, 6) is 0.863. The number of rotatable bonds is 4. The zero-order chi connectivity index (χ0) is 11.4. The van der Waals surface area contributed by atoms with Crippen molar-refractivity contribution in [2.45, 2.75) is 19.1 Å². The van der Waals surface area contributed by atoms with Crippen LogP contribution in [-0.4, -0.2) is 26.4 Å². The van der Waals surface area contributed by atoms with Crippen molar-refractivity contribution >= 4 is 15.9 Å². The van der Waals surface area contributed by atoms with Gasteiger partial charge in [0, 0.05) is 16.6 Å². The van der Waals surface area contributed by atoms with Crippen molar-refractivity contribution in [2.24, 2.45) is 0 Å². The van der Waals surface area contributed by atoms with Crippen molar-refractivity contribution in [3.63, 3.8) is 0 Å². The Hall–Kier alpha value is -0.580. The van der Waals surface area contributed by atoms with Gasteiger partial charge < -0.3 is 14.2 Å². The van der Waals surface area contributed by atoms with Crippen molar-refractivity contribution in [1.82, 2.24) is 0 Å². The molecule has 0 saturated carbocycles. The van der Waals surface area contributed by atoms with Gasteiger partial charge in [0.25, 0.3) is 0 Å². The topological polar surface area (TPSA) is 27.7 Å². The number of methoxy groups -OCH3 is 1.